The highest BCUT2D eigenvalue weighted by Crippen LogP contribution is 2.32. The Kier molecular flexibility index (Phi) is 6.91. The molecule has 1 N–H and O–H groups in total. The Morgan fingerprint density at radius 1 is 1.27 bits per heavy atom. The van der Waals surface area contributed by atoms with E-state index in [1.54, 1.807) is 0 Å². The van der Waals surface area contributed by atoms with E-state index in [9.17, 15) is 13.2 Å². The topological polar surface area (TPSA) is 93.4 Å². The molecule has 0 bridgehead atoms. The molecule has 0 aromatic carbocycles. The largest absolute Gasteiger partial charge is 0.490 e. The van der Waals surface area contributed by atoms with Gasteiger partial charge in [-0.15, -0.1) is 0 Å². The predicted molar refractivity (Wildman–Crippen MR) is 101 cm³/mol. The lowest BCUT2D eigenvalue weighted by Crippen LogP contribution is -2.39. The zero-order valence-corrected chi connectivity index (χ0v) is 16.5. The van der Waals surface area contributed by atoms with Crippen molar-refractivity contribution in [2.75, 3.05) is 18.1 Å². The standard InChI is InChI=1S/C17H23N5O.C2HF3O2/c1-21-11-14(10-20-21)9-15-16(23-12-13-3-4-13)5-8-22(15)17-18-6-2-7-19-17;3-2(4,5)1(6)7/h2,6-7,10-11,13,15-16H,3-5,8-9,12H2,1H3;(H,6,7)/t15-,16-;/m0./s1. The van der Waals surface area contributed by atoms with Crippen LogP contribution in [0.4, 0.5) is 19.1 Å². The summed E-state index contributed by atoms with van der Waals surface area (Å²) in [5.41, 5.74) is 1.24. The number of aryl methyl sites for hydroxylation is 1. The number of aliphatic carboxylic acids is 1. The van der Waals surface area contributed by atoms with Gasteiger partial charge in [-0.05, 0) is 43.2 Å². The number of anilines is 1. The summed E-state index contributed by atoms with van der Waals surface area (Å²) in [5, 5.41) is 11.4. The van der Waals surface area contributed by atoms with Crippen molar-refractivity contribution in [1.29, 1.82) is 0 Å². The lowest BCUT2D eigenvalue weighted by Gasteiger charge is -2.28. The van der Waals surface area contributed by atoms with Crippen LogP contribution in [-0.4, -0.2) is 62.3 Å². The van der Waals surface area contributed by atoms with Gasteiger partial charge >= 0.3 is 12.1 Å². The summed E-state index contributed by atoms with van der Waals surface area (Å²) in [6, 6.07) is 2.14. The van der Waals surface area contributed by atoms with Gasteiger partial charge in [-0.2, -0.15) is 18.3 Å². The zero-order valence-electron chi connectivity index (χ0n) is 16.5. The Balaban J connectivity index is 0.000000318. The van der Waals surface area contributed by atoms with E-state index in [1.165, 1.54) is 18.4 Å². The van der Waals surface area contributed by atoms with Crippen molar-refractivity contribution in [3.63, 3.8) is 0 Å². The minimum absolute atomic E-state index is 0.250. The highest BCUT2D eigenvalue weighted by Gasteiger charge is 2.38. The van der Waals surface area contributed by atoms with E-state index in [0.717, 1.165) is 37.9 Å². The number of rotatable bonds is 6. The molecule has 1 saturated heterocycles. The van der Waals surface area contributed by atoms with Crippen molar-refractivity contribution < 1.29 is 27.8 Å². The second-order valence-corrected chi connectivity index (χ2v) is 7.44. The lowest BCUT2D eigenvalue weighted by molar-refractivity contribution is -0.192. The van der Waals surface area contributed by atoms with Crippen molar-refractivity contribution >= 4 is 11.9 Å². The SMILES string of the molecule is Cn1cc(C[C@H]2[C@@H](OCC3CC3)CCN2c2ncccn2)cn1.O=C(O)C(F)(F)F. The number of nitrogens with zero attached hydrogens (tertiary/aromatic N) is 5. The van der Waals surface area contributed by atoms with Gasteiger partial charge in [0.05, 0.1) is 18.3 Å². The summed E-state index contributed by atoms with van der Waals surface area (Å²) in [4.78, 5) is 20.1. The van der Waals surface area contributed by atoms with Crippen molar-refractivity contribution in [2.45, 2.75) is 44.0 Å². The molecule has 3 heterocycles. The van der Waals surface area contributed by atoms with Gasteiger partial charge < -0.3 is 14.7 Å². The average Bonchev–Trinajstić information content (AvgIpc) is 3.32. The van der Waals surface area contributed by atoms with Crippen LogP contribution in [-0.2, 0) is 23.0 Å². The van der Waals surface area contributed by atoms with Crippen LogP contribution < -0.4 is 4.90 Å². The molecule has 0 unspecified atom stereocenters. The molecule has 2 aromatic heterocycles. The smallest absolute Gasteiger partial charge is 0.475 e. The van der Waals surface area contributed by atoms with E-state index in [-0.39, 0.29) is 12.1 Å². The average molecular weight is 427 g/mol. The molecule has 30 heavy (non-hydrogen) atoms. The summed E-state index contributed by atoms with van der Waals surface area (Å²) >= 11 is 0. The Bertz CT molecular complexity index is 826. The molecule has 0 radical (unpaired) electrons. The van der Waals surface area contributed by atoms with Crippen LogP contribution in [0.25, 0.3) is 0 Å². The van der Waals surface area contributed by atoms with Crippen LogP contribution in [0.15, 0.2) is 30.9 Å². The molecule has 1 aliphatic heterocycles. The van der Waals surface area contributed by atoms with Crippen LogP contribution in [0.2, 0.25) is 0 Å². The Morgan fingerprint density at radius 3 is 2.47 bits per heavy atom. The third kappa shape index (κ3) is 6.15. The Morgan fingerprint density at radius 2 is 1.93 bits per heavy atom. The molecule has 2 aromatic rings. The van der Waals surface area contributed by atoms with Crippen molar-refractivity contribution in [3.8, 4) is 0 Å². The molecule has 1 saturated carbocycles. The van der Waals surface area contributed by atoms with Crippen molar-refractivity contribution in [3.05, 3.63) is 36.4 Å². The van der Waals surface area contributed by atoms with Crippen molar-refractivity contribution in [1.82, 2.24) is 19.7 Å². The van der Waals surface area contributed by atoms with Gasteiger partial charge in [0, 0.05) is 38.8 Å². The molecular formula is C19H24F3N5O3. The fourth-order valence-electron chi connectivity index (χ4n) is 3.31. The number of alkyl halides is 3. The highest BCUT2D eigenvalue weighted by molar-refractivity contribution is 5.73. The number of ether oxygens (including phenoxy) is 1. The maximum atomic E-state index is 10.6. The van der Waals surface area contributed by atoms with Crippen LogP contribution in [0.3, 0.4) is 0 Å². The first-order valence-corrected chi connectivity index (χ1v) is 9.67. The van der Waals surface area contributed by atoms with Crippen LogP contribution in [0, 0.1) is 5.92 Å². The third-order valence-corrected chi connectivity index (χ3v) is 4.98. The van der Waals surface area contributed by atoms with E-state index in [0.29, 0.717) is 0 Å². The quantitative estimate of drug-likeness (QED) is 0.757. The normalized spacial score (nSPS) is 21.3. The minimum atomic E-state index is -5.08. The highest BCUT2D eigenvalue weighted by atomic mass is 19.4. The first-order chi connectivity index (χ1) is 14.2. The number of hydrogen-bond donors (Lipinski definition) is 1. The van der Waals surface area contributed by atoms with Gasteiger partial charge in [0.15, 0.2) is 0 Å². The molecule has 0 amide bonds. The third-order valence-electron chi connectivity index (χ3n) is 4.98. The van der Waals surface area contributed by atoms with E-state index >= 15 is 0 Å². The van der Waals surface area contributed by atoms with Gasteiger partial charge in [0.2, 0.25) is 5.95 Å². The molecule has 164 valence electrons. The fraction of sp³-hybridized carbons (Fsp3) is 0.579. The summed E-state index contributed by atoms with van der Waals surface area (Å²) in [6.45, 7) is 1.85. The molecule has 0 spiro atoms. The molecule has 2 aliphatic rings. The minimum Gasteiger partial charge on any atom is -0.475 e. The summed E-state index contributed by atoms with van der Waals surface area (Å²) in [5.74, 6) is -1.16. The maximum absolute atomic E-state index is 10.6. The fourth-order valence-corrected chi connectivity index (χ4v) is 3.31. The number of aromatic nitrogens is 4. The van der Waals surface area contributed by atoms with Gasteiger partial charge in [0.1, 0.15) is 0 Å². The number of carboxylic acid groups (broad SMARTS) is 1. The van der Waals surface area contributed by atoms with E-state index in [1.807, 2.05) is 36.4 Å². The molecular weight excluding hydrogens is 403 g/mol. The molecule has 2 atom stereocenters. The van der Waals surface area contributed by atoms with Gasteiger partial charge in [-0.3, -0.25) is 4.68 Å². The van der Waals surface area contributed by atoms with E-state index in [2.05, 4.69) is 26.2 Å². The van der Waals surface area contributed by atoms with E-state index < -0.39 is 12.1 Å². The van der Waals surface area contributed by atoms with Crippen molar-refractivity contribution in [2.24, 2.45) is 13.0 Å². The first-order valence-electron chi connectivity index (χ1n) is 9.67. The molecule has 4 rings (SSSR count). The Hall–Kier alpha value is -2.69. The predicted octanol–water partition coefficient (Wildman–Crippen LogP) is 2.46. The monoisotopic (exact) mass is 427 g/mol. The summed E-state index contributed by atoms with van der Waals surface area (Å²) in [6.07, 6.45) is 7.41. The molecule has 2 fully saturated rings. The second kappa shape index (κ2) is 9.41. The molecule has 11 heteroatoms. The summed E-state index contributed by atoms with van der Waals surface area (Å²) < 4.78 is 39.8. The zero-order chi connectivity index (χ0) is 21.7. The van der Waals surface area contributed by atoms with Gasteiger partial charge in [-0.1, -0.05) is 0 Å². The van der Waals surface area contributed by atoms with Crippen LogP contribution >= 0.6 is 0 Å². The van der Waals surface area contributed by atoms with Crippen LogP contribution in [0.1, 0.15) is 24.8 Å². The summed E-state index contributed by atoms with van der Waals surface area (Å²) in [7, 11) is 1.96. The molecule has 1 aliphatic carbocycles. The first kappa shape index (κ1) is 22.0. The van der Waals surface area contributed by atoms with Crippen LogP contribution in [0.5, 0.6) is 0 Å². The number of halogens is 3. The molecule has 8 nitrogen and oxygen atoms in total. The number of carboxylic acids is 1. The Labute approximate surface area is 171 Å². The van der Waals surface area contributed by atoms with Gasteiger partial charge in [0.25, 0.3) is 0 Å². The van der Waals surface area contributed by atoms with Gasteiger partial charge in [-0.25, -0.2) is 14.8 Å². The number of carbonyl (C=O) groups is 1. The number of hydrogen-bond acceptors (Lipinski definition) is 6. The second-order valence-electron chi connectivity index (χ2n) is 7.44. The van der Waals surface area contributed by atoms with E-state index in [4.69, 9.17) is 14.6 Å². The lowest BCUT2D eigenvalue weighted by atomic mass is 10.0. The maximum Gasteiger partial charge on any atom is 0.490 e.